The van der Waals surface area contributed by atoms with E-state index in [1.54, 1.807) is 0 Å². The topological polar surface area (TPSA) is 50.4 Å². The van der Waals surface area contributed by atoms with Crippen LogP contribution in [0.1, 0.15) is 31.4 Å². The van der Waals surface area contributed by atoms with E-state index in [4.69, 9.17) is 5.73 Å². The minimum absolute atomic E-state index is 0.224. The fraction of sp³-hybridized carbons (Fsp3) is 0.533. The zero-order valence-corrected chi connectivity index (χ0v) is 11.4. The van der Waals surface area contributed by atoms with Crippen LogP contribution in [-0.4, -0.2) is 19.0 Å². The van der Waals surface area contributed by atoms with Gasteiger partial charge in [0.25, 0.3) is 0 Å². The lowest BCUT2D eigenvalue weighted by Gasteiger charge is -2.21. The zero-order chi connectivity index (χ0) is 13.0. The lowest BCUT2D eigenvalue weighted by atomic mass is 9.87. The van der Waals surface area contributed by atoms with E-state index in [-0.39, 0.29) is 5.41 Å². The van der Waals surface area contributed by atoms with E-state index < -0.39 is 0 Å². The summed E-state index contributed by atoms with van der Waals surface area (Å²) in [5, 5.41) is 3.12. The fourth-order valence-corrected chi connectivity index (χ4v) is 2.58. The summed E-state index contributed by atoms with van der Waals surface area (Å²) in [7, 11) is 0. The summed E-state index contributed by atoms with van der Waals surface area (Å²) in [5.41, 5.74) is 9.00. The predicted molar refractivity (Wildman–Crippen MR) is 76.7 cm³/mol. The largest absolute Gasteiger partial charge is 0.370 e. The molecule has 1 aromatic carbocycles. The van der Waals surface area contributed by atoms with Crippen LogP contribution < -0.4 is 11.1 Å². The summed E-state index contributed by atoms with van der Waals surface area (Å²) >= 11 is 0. The minimum Gasteiger partial charge on any atom is -0.370 e. The summed E-state index contributed by atoms with van der Waals surface area (Å²) in [5.74, 6) is 0.578. The van der Waals surface area contributed by atoms with Crippen LogP contribution in [0.2, 0.25) is 0 Å². The van der Waals surface area contributed by atoms with Crippen LogP contribution in [0.25, 0.3) is 0 Å². The van der Waals surface area contributed by atoms with E-state index in [2.05, 4.69) is 48.4 Å². The van der Waals surface area contributed by atoms with E-state index in [0.29, 0.717) is 5.96 Å². The minimum atomic E-state index is 0.224. The second-order valence-electron chi connectivity index (χ2n) is 5.56. The predicted octanol–water partition coefficient (Wildman–Crippen LogP) is 2.11. The van der Waals surface area contributed by atoms with Gasteiger partial charge in [-0.05, 0) is 35.8 Å². The first-order chi connectivity index (χ1) is 8.63. The molecule has 0 bridgehead atoms. The average molecular weight is 245 g/mol. The number of guanidine groups is 1. The van der Waals surface area contributed by atoms with Gasteiger partial charge in [-0.25, -0.2) is 0 Å². The Morgan fingerprint density at radius 2 is 1.94 bits per heavy atom. The first-order valence-electron chi connectivity index (χ1n) is 6.73. The zero-order valence-electron chi connectivity index (χ0n) is 11.4. The molecule has 0 saturated carbocycles. The molecule has 0 amide bonds. The molecule has 0 aromatic heterocycles. The molecule has 2 rings (SSSR count). The monoisotopic (exact) mass is 245 g/mol. The van der Waals surface area contributed by atoms with E-state index in [9.17, 15) is 0 Å². The normalized spacial score (nSPS) is 17.6. The number of aliphatic imine (C=N–C) groups is 1. The lowest BCUT2D eigenvalue weighted by molar-refractivity contribution is 0.360. The number of nitrogens with zero attached hydrogens (tertiary/aromatic N) is 1. The molecular weight excluding hydrogens is 222 g/mol. The molecule has 3 N–H and O–H groups in total. The first-order valence-corrected chi connectivity index (χ1v) is 6.73. The number of hydrogen-bond donors (Lipinski definition) is 2. The Balaban J connectivity index is 1.95. The van der Waals surface area contributed by atoms with Gasteiger partial charge in [0, 0.05) is 13.1 Å². The van der Waals surface area contributed by atoms with Crippen molar-refractivity contribution < 1.29 is 0 Å². The van der Waals surface area contributed by atoms with Crippen LogP contribution in [0.5, 0.6) is 0 Å². The second-order valence-corrected chi connectivity index (χ2v) is 5.56. The van der Waals surface area contributed by atoms with Crippen LogP contribution in [-0.2, 0) is 12.8 Å². The van der Waals surface area contributed by atoms with E-state index in [1.165, 1.54) is 11.1 Å². The van der Waals surface area contributed by atoms with Crippen molar-refractivity contribution in [3.05, 3.63) is 35.4 Å². The van der Waals surface area contributed by atoms with Crippen molar-refractivity contribution in [2.45, 2.75) is 33.1 Å². The molecule has 0 spiro atoms. The van der Waals surface area contributed by atoms with Gasteiger partial charge in [-0.1, -0.05) is 38.1 Å². The molecule has 3 nitrogen and oxygen atoms in total. The second kappa shape index (κ2) is 5.42. The molecule has 1 aliphatic rings. The lowest BCUT2D eigenvalue weighted by Crippen LogP contribution is -2.34. The van der Waals surface area contributed by atoms with Crippen molar-refractivity contribution >= 4 is 5.96 Å². The third-order valence-corrected chi connectivity index (χ3v) is 3.54. The Kier molecular flexibility index (Phi) is 3.90. The highest BCUT2D eigenvalue weighted by molar-refractivity contribution is 5.77. The Hall–Kier alpha value is -1.51. The molecule has 3 heteroatoms. The van der Waals surface area contributed by atoms with Gasteiger partial charge < -0.3 is 11.1 Å². The number of nitrogens with two attached hydrogens (primary N) is 1. The maximum Gasteiger partial charge on any atom is 0.188 e. The maximum absolute atomic E-state index is 5.84. The highest BCUT2D eigenvalue weighted by atomic mass is 15.1. The summed E-state index contributed by atoms with van der Waals surface area (Å²) in [6.07, 6.45) is 3.28. The Bertz CT molecular complexity index is 412. The number of nitrogens with one attached hydrogen (secondary N) is 1. The summed E-state index contributed by atoms with van der Waals surface area (Å²) in [6.45, 7) is 6.11. The van der Waals surface area contributed by atoms with Crippen molar-refractivity contribution in [1.29, 1.82) is 0 Å². The third kappa shape index (κ3) is 3.03. The molecule has 1 aromatic rings. The molecule has 1 aliphatic carbocycles. The fourth-order valence-electron chi connectivity index (χ4n) is 2.58. The van der Waals surface area contributed by atoms with Crippen molar-refractivity contribution in [2.24, 2.45) is 16.1 Å². The molecular formula is C15H23N3. The van der Waals surface area contributed by atoms with Gasteiger partial charge in [-0.15, -0.1) is 0 Å². The van der Waals surface area contributed by atoms with Gasteiger partial charge in [0.15, 0.2) is 5.96 Å². The van der Waals surface area contributed by atoms with Crippen LogP contribution >= 0.6 is 0 Å². The van der Waals surface area contributed by atoms with Crippen molar-refractivity contribution in [2.75, 3.05) is 13.1 Å². The average Bonchev–Trinajstić information content (AvgIpc) is 2.70. The van der Waals surface area contributed by atoms with Gasteiger partial charge >= 0.3 is 0 Å². The van der Waals surface area contributed by atoms with Crippen LogP contribution in [0.4, 0.5) is 0 Å². The SMILES string of the molecule is CCCNC(N)=NCC1(C)Cc2ccccc2C1. The van der Waals surface area contributed by atoms with E-state index >= 15 is 0 Å². The Morgan fingerprint density at radius 1 is 1.33 bits per heavy atom. The third-order valence-electron chi connectivity index (χ3n) is 3.54. The standard InChI is InChI=1S/C15H23N3/c1-3-8-17-14(16)18-11-15(2)9-12-6-4-5-7-13(12)10-15/h4-7H,3,8-11H2,1-2H3,(H3,16,17,18). The molecule has 0 aliphatic heterocycles. The Morgan fingerprint density at radius 3 is 2.50 bits per heavy atom. The molecule has 0 radical (unpaired) electrons. The summed E-state index contributed by atoms with van der Waals surface area (Å²) in [4.78, 5) is 4.48. The highest BCUT2D eigenvalue weighted by Crippen LogP contribution is 2.36. The number of hydrogen-bond acceptors (Lipinski definition) is 1. The number of benzene rings is 1. The molecule has 0 atom stereocenters. The molecule has 0 heterocycles. The molecule has 0 fully saturated rings. The van der Waals surface area contributed by atoms with Crippen molar-refractivity contribution in [1.82, 2.24) is 5.32 Å². The molecule has 0 saturated heterocycles. The van der Waals surface area contributed by atoms with Gasteiger partial charge in [-0.3, -0.25) is 4.99 Å². The molecule has 18 heavy (non-hydrogen) atoms. The van der Waals surface area contributed by atoms with Gasteiger partial charge in [0.05, 0.1) is 0 Å². The van der Waals surface area contributed by atoms with Crippen LogP contribution in [0.15, 0.2) is 29.3 Å². The first kappa shape index (κ1) is 12.9. The van der Waals surface area contributed by atoms with Gasteiger partial charge in [0.1, 0.15) is 0 Å². The van der Waals surface area contributed by atoms with E-state index in [1.807, 2.05) is 0 Å². The quantitative estimate of drug-likeness (QED) is 0.630. The maximum atomic E-state index is 5.84. The van der Waals surface area contributed by atoms with Crippen LogP contribution in [0.3, 0.4) is 0 Å². The highest BCUT2D eigenvalue weighted by Gasteiger charge is 2.32. The van der Waals surface area contributed by atoms with Crippen molar-refractivity contribution in [3.8, 4) is 0 Å². The van der Waals surface area contributed by atoms with Crippen molar-refractivity contribution in [3.63, 3.8) is 0 Å². The van der Waals surface area contributed by atoms with Gasteiger partial charge in [0.2, 0.25) is 0 Å². The molecule has 98 valence electrons. The number of rotatable bonds is 4. The molecule has 0 unspecified atom stereocenters. The number of fused-ring (bicyclic) bond motifs is 1. The smallest absolute Gasteiger partial charge is 0.188 e. The van der Waals surface area contributed by atoms with Crippen LogP contribution in [0, 0.1) is 5.41 Å². The Labute approximate surface area is 109 Å². The summed E-state index contributed by atoms with van der Waals surface area (Å²) in [6, 6.07) is 8.68. The summed E-state index contributed by atoms with van der Waals surface area (Å²) < 4.78 is 0. The van der Waals surface area contributed by atoms with E-state index in [0.717, 1.165) is 32.4 Å². The van der Waals surface area contributed by atoms with Gasteiger partial charge in [-0.2, -0.15) is 0 Å².